The number of ether oxygens (including phenoxy) is 1. The SMILES string of the molecule is COCCN1CC2(CCN(c3cnccn3)CC2)c2ccccc21.O=C(O)C(F)(F)F. The lowest BCUT2D eigenvalue weighted by Crippen LogP contribution is -2.45. The molecule has 1 fully saturated rings. The van der Waals surface area contributed by atoms with Gasteiger partial charge in [-0.05, 0) is 24.5 Å². The zero-order chi connectivity index (χ0) is 22.5. The Hall–Kier alpha value is -2.88. The Morgan fingerprint density at radius 3 is 2.48 bits per heavy atom. The number of rotatable bonds is 4. The van der Waals surface area contributed by atoms with E-state index in [2.05, 4.69) is 44.0 Å². The number of aromatic nitrogens is 2. The average Bonchev–Trinajstić information content (AvgIpc) is 3.06. The summed E-state index contributed by atoms with van der Waals surface area (Å²) >= 11 is 0. The summed E-state index contributed by atoms with van der Waals surface area (Å²) in [6.07, 6.45) is 2.60. The fraction of sp³-hybridized carbons (Fsp3) is 0.476. The number of nitrogens with zero attached hydrogens (tertiary/aromatic N) is 4. The monoisotopic (exact) mass is 438 g/mol. The van der Waals surface area contributed by atoms with Crippen LogP contribution in [0.1, 0.15) is 18.4 Å². The van der Waals surface area contributed by atoms with Crippen molar-refractivity contribution in [2.24, 2.45) is 0 Å². The maximum atomic E-state index is 10.6. The number of hydrogen-bond acceptors (Lipinski definition) is 6. The number of piperidine rings is 1. The topological polar surface area (TPSA) is 78.8 Å². The van der Waals surface area contributed by atoms with E-state index in [-0.39, 0.29) is 5.41 Å². The first kappa shape index (κ1) is 22.8. The third kappa shape index (κ3) is 5.25. The van der Waals surface area contributed by atoms with Crippen LogP contribution >= 0.6 is 0 Å². The number of carboxylic acids is 1. The van der Waals surface area contributed by atoms with Gasteiger partial charge in [0.05, 0.1) is 12.8 Å². The van der Waals surface area contributed by atoms with Gasteiger partial charge in [-0.15, -0.1) is 0 Å². The summed E-state index contributed by atoms with van der Waals surface area (Å²) < 4.78 is 37.0. The second kappa shape index (κ2) is 9.51. The molecule has 4 rings (SSSR count). The smallest absolute Gasteiger partial charge is 0.475 e. The molecule has 2 aliphatic heterocycles. The molecule has 2 aliphatic rings. The van der Waals surface area contributed by atoms with E-state index in [0.29, 0.717) is 0 Å². The standard InChI is InChI=1S/C19H24N4O.C2HF3O2/c1-24-13-12-23-15-19(16-4-2-3-5-17(16)23)6-10-22(11-7-19)18-14-20-8-9-21-18;3-2(4,5)1(6)7/h2-5,8-9,14H,6-7,10-13,15H2,1H3;(H,6,7). The summed E-state index contributed by atoms with van der Waals surface area (Å²) in [6.45, 7) is 4.90. The molecule has 1 saturated heterocycles. The number of carboxylic acid groups (broad SMARTS) is 1. The van der Waals surface area contributed by atoms with E-state index in [4.69, 9.17) is 14.6 Å². The summed E-state index contributed by atoms with van der Waals surface area (Å²) in [6, 6.07) is 8.90. The average molecular weight is 438 g/mol. The van der Waals surface area contributed by atoms with Crippen molar-refractivity contribution in [3.8, 4) is 0 Å². The minimum absolute atomic E-state index is 0.267. The number of benzene rings is 1. The van der Waals surface area contributed by atoms with Crippen LogP contribution in [0.3, 0.4) is 0 Å². The van der Waals surface area contributed by atoms with Crippen LogP contribution < -0.4 is 9.80 Å². The highest BCUT2D eigenvalue weighted by Gasteiger charge is 2.44. The number of para-hydroxylation sites is 1. The molecule has 2 aromatic rings. The van der Waals surface area contributed by atoms with Crippen LogP contribution in [0.4, 0.5) is 24.7 Å². The zero-order valence-electron chi connectivity index (χ0n) is 17.2. The van der Waals surface area contributed by atoms with Gasteiger partial charge in [-0.3, -0.25) is 4.98 Å². The summed E-state index contributed by atoms with van der Waals surface area (Å²) in [5.41, 5.74) is 3.17. The van der Waals surface area contributed by atoms with Crippen molar-refractivity contribution >= 4 is 17.5 Å². The van der Waals surface area contributed by atoms with E-state index in [1.807, 2.05) is 6.20 Å². The van der Waals surface area contributed by atoms with Crippen LogP contribution in [0.25, 0.3) is 0 Å². The zero-order valence-corrected chi connectivity index (χ0v) is 17.2. The third-order valence-corrected chi connectivity index (χ3v) is 5.71. The van der Waals surface area contributed by atoms with Gasteiger partial charge in [-0.1, -0.05) is 18.2 Å². The van der Waals surface area contributed by atoms with Crippen molar-refractivity contribution < 1.29 is 27.8 Å². The molecule has 1 spiro atoms. The number of methoxy groups -OCH3 is 1. The molecule has 168 valence electrons. The van der Waals surface area contributed by atoms with Crippen LogP contribution in [0.5, 0.6) is 0 Å². The Morgan fingerprint density at radius 2 is 1.90 bits per heavy atom. The Morgan fingerprint density at radius 1 is 1.23 bits per heavy atom. The van der Waals surface area contributed by atoms with Gasteiger partial charge in [0.15, 0.2) is 0 Å². The van der Waals surface area contributed by atoms with Crippen LogP contribution in [-0.2, 0) is 14.9 Å². The van der Waals surface area contributed by atoms with E-state index in [1.165, 1.54) is 11.3 Å². The lowest BCUT2D eigenvalue weighted by Gasteiger charge is -2.40. The number of aliphatic carboxylic acids is 1. The van der Waals surface area contributed by atoms with Crippen molar-refractivity contribution in [2.45, 2.75) is 24.4 Å². The first-order valence-corrected chi connectivity index (χ1v) is 9.91. The first-order chi connectivity index (χ1) is 14.8. The molecular weight excluding hydrogens is 413 g/mol. The maximum Gasteiger partial charge on any atom is 0.490 e. The molecule has 0 bridgehead atoms. The molecule has 10 heteroatoms. The Labute approximate surface area is 178 Å². The highest BCUT2D eigenvalue weighted by Crippen LogP contribution is 2.47. The predicted molar refractivity (Wildman–Crippen MR) is 109 cm³/mol. The fourth-order valence-corrected chi connectivity index (χ4v) is 4.18. The van der Waals surface area contributed by atoms with Crippen LogP contribution in [0, 0.1) is 0 Å². The van der Waals surface area contributed by atoms with Crippen LogP contribution in [0.2, 0.25) is 0 Å². The highest BCUT2D eigenvalue weighted by molar-refractivity contribution is 5.73. The predicted octanol–water partition coefficient (Wildman–Crippen LogP) is 3.11. The summed E-state index contributed by atoms with van der Waals surface area (Å²) in [7, 11) is 1.77. The minimum atomic E-state index is -5.08. The molecule has 0 amide bonds. The number of anilines is 2. The molecule has 0 aliphatic carbocycles. The summed E-state index contributed by atoms with van der Waals surface area (Å²) in [4.78, 5) is 22.4. The third-order valence-electron chi connectivity index (χ3n) is 5.71. The molecule has 31 heavy (non-hydrogen) atoms. The van der Waals surface area contributed by atoms with E-state index in [9.17, 15) is 13.2 Å². The quantitative estimate of drug-likeness (QED) is 0.786. The van der Waals surface area contributed by atoms with Crippen molar-refractivity contribution in [1.29, 1.82) is 0 Å². The number of alkyl halides is 3. The number of fused-ring (bicyclic) bond motifs is 2. The molecule has 3 heterocycles. The molecule has 0 saturated carbocycles. The van der Waals surface area contributed by atoms with Gasteiger partial charge in [0.1, 0.15) is 5.82 Å². The van der Waals surface area contributed by atoms with E-state index >= 15 is 0 Å². The lowest BCUT2D eigenvalue weighted by atomic mass is 9.74. The molecular formula is C21H25F3N4O3. The van der Waals surface area contributed by atoms with Gasteiger partial charge >= 0.3 is 12.1 Å². The Balaban J connectivity index is 0.000000339. The van der Waals surface area contributed by atoms with Gasteiger partial charge in [-0.25, -0.2) is 9.78 Å². The fourth-order valence-electron chi connectivity index (χ4n) is 4.18. The van der Waals surface area contributed by atoms with E-state index < -0.39 is 12.1 Å². The molecule has 1 aromatic heterocycles. The van der Waals surface area contributed by atoms with Crippen LogP contribution in [-0.4, -0.2) is 67.1 Å². The van der Waals surface area contributed by atoms with Crippen molar-refractivity contribution in [3.63, 3.8) is 0 Å². The normalized spacial score (nSPS) is 17.2. The molecule has 1 N–H and O–H groups in total. The van der Waals surface area contributed by atoms with Gasteiger partial charge in [0.2, 0.25) is 0 Å². The number of carbonyl (C=O) groups is 1. The lowest BCUT2D eigenvalue weighted by molar-refractivity contribution is -0.192. The molecule has 1 aromatic carbocycles. The minimum Gasteiger partial charge on any atom is -0.475 e. The van der Waals surface area contributed by atoms with E-state index in [1.54, 1.807) is 19.5 Å². The second-order valence-electron chi connectivity index (χ2n) is 7.57. The maximum absolute atomic E-state index is 10.6. The van der Waals surface area contributed by atoms with Crippen LogP contribution in [0.15, 0.2) is 42.9 Å². The first-order valence-electron chi connectivity index (χ1n) is 9.91. The van der Waals surface area contributed by atoms with Gasteiger partial charge in [-0.2, -0.15) is 13.2 Å². The number of hydrogen-bond donors (Lipinski definition) is 1. The largest absolute Gasteiger partial charge is 0.490 e. The molecule has 0 atom stereocenters. The molecule has 0 unspecified atom stereocenters. The van der Waals surface area contributed by atoms with E-state index in [0.717, 1.165) is 51.4 Å². The Bertz CT molecular complexity index is 872. The second-order valence-corrected chi connectivity index (χ2v) is 7.57. The molecule has 7 nitrogen and oxygen atoms in total. The van der Waals surface area contributed by atoms with Crippen molar-refractivity contribution in [1.82, 2.24) is 9.97 Å². The summed E-state index contributed by atoms with van der Waals surface area (Å²) in [5.74, 6) is -1.76. The van der Waals surface area contributed by atoms with Gasteiger partial charge in [0, 0.05) is 56.8 Å². The molecule has 0 radical (unpaired) electrons. The highest BCUT2D eigenvalue weighted by atomic mass is 19.4. The van der Waals surface area contributed by atoms with Gasteiger partial charge in [0.25, 0.3) is 0 Å². The number of halogens is 3. The Kier molecular flexibility index (Phi) is 6.99. The van der Waals surface area contributed by atoms with Crippen molar-refractivity contribution in [2.75, 3.05) is 49.7 Å². The summed E-state index contributed by atoms with van der Waals surface area (Å²) in [5, 5.41) is 7.12. The van der Waals surface area contributed by atoms with Crippen molar-refractivity contribution in [3.05, 3.63) is 48.4 Å². The van der Waals surface area contributed by atoms with Gasteiger partial charge < -0.3 is 19.6 Å².